The number of hydrogen-bond donors (Lipinski definition) is 1. The molecule has 0 unspecified atom stereocenters. The first-order valence-electron chi connectivity index (χ1n) is 10.9. The van der Waals surface area contributed by atoms with Gasteiger partial charge in [0.05, 0.1) is 26.3 Å². The van der Waals surface area contributed by atoms with Crippen LogP contribution in [0.3, 0.4) is 0 Å². The molecule has 0 aromatic heterocycles. The smallest absolute Gasteiger partial charge is 0.174 e. The van der Waals surface area contributed by atoms with Crippen molar-refractivity contribution in [2.45, 2.75) is 48.8 Å². The minimum atomic E-state index is -2.90. The molecule has 23 heavy (non-hydrogen) atoms. The maximum atomic E-state index is 12.9. The molecule has 1 N–H and O–H groups in total. The van der Waals surface area contributed by atoms with E-state index in [0.29, 0.717) is 17.7 Å². The van der Waals surface area contributed by atoms with E-state index in [1.807, 2.05) is 11.9 Å². The van der Waals surface area contributed by atoms with E-state index in [9.17, 15) is 9.90 Å². The highest BCUT2D eigenvalue weighted by atomic mass is 16.5. The Kier molecular flexibility index (Phi) is 1.60. The van der Waals surface area contributed by atoms with E-state index in [1.54, 1.807) is 0 Å². The Morgan fingerprint density at radius 3 is 3.26 bits per heavy atom. The Hall–Kier alpha value is -1.59. The van der Waals surface area contributed by atoms with E-state index in [4.69, 9.17) is 17.7 Å². The van der Waals surface area contributed by atoms with Gasteiger partial charge in [-0.1, -0.05) is 6.04 Å². The topological polar surface area (TPSA) is 59.0 Å². The molecule has 5 heteroatoms. The van der Waals surface area contributed by atoms with Crippen molar-refractivity contribution < 1.29 is 27.6 Å². The largest absolute Gasteiger partial charge is 0.493 e. The highest BCUT2D eigenvalue weighted by Gasteiger charge is 2.72. The normalized spacial score (nSPS) is 48.1. The molecular weight excluding hydrogens is 294 g/mol. The summed E-state index contributed by atoms with van der Waals surface area (Å²) < 4.78 is 59.1. The average Bonchev–Trinajstić information content (AvgIpc) is 2.89. The van der Waals surface area contributed by atoms with Gasteiger partial charge in [-0.3, -0.25) is 4.79 Å². The molecule has 0 amide bonds. The summed E-state index contributed by atoms with van der Waals surface area (Å²) in [6, 6.07) is -1.10. The van der Waals surface area contributed by atoms with Crippen molar-refractivity contribution in [3.63, 3.8) is 0 Å². The summed E-state index contributed by atoms with van der Waals surface area (Å²) in [7, 11) is -1.04. The van der Waals surface area contributed by atoms with Gasteiger partial charge in [0.15, 0.2) is 23.4 Å². The van der Waals surface area contributed by atoms with Crippen LogP contribution in [0.5, 0.6) is 11.5 Å². The molecule has 122 valence electrons. The number of nitrogens with zero attached hydrogens (tertiary/aromatic N) is 1. The maximum absolute atomic E-state index is 12.9. The molecule has 1 spiro atoms. The number of aliphatic hydroxyl groups is 1. The molecule has 2 aliphatic carbocycles. The summed E-state index contributed by atoms with van der Waals surface area (Å²) >= 11 is 0. The maximum Gasteiger partial charge on any atom is 0.174 e. The zero-order chi connectivity index (χ0) is 21.1. The van der Waals surface area contributed by atoms with Gasteiger partial charge < -0.3 is 19.5 Å². The highest BCUT2D eigenvalue weighted by Crippen LogP contribution is 2.64. The molecule has 1 saturated carbocycles. The minimum Gasteiger partial charge on any atom is -0.493 e. The highest BCUT2D eigenvalue weighted by molar-refractivity contribution is 5.90. The van der Waals surface area contributed by atoms with Crippen LogP contribution in [0.2, 0.25) is 0 Å². The molecule has 2 aliphatic heterocycles. The zero-order valence-corrected chi connectivity index (χ0v) is 12.7. The number of likely N-dealkylation sites (N-methyl/N-ethyl adjacent to an activating group) is 1. The van der Waals surface area contributed by atoms with Gasteiger partial charge in [0.1, 0.15) is 0 Å². The number of ether oxygens (including phenoxy) is 2. The van der Waals surface area contributed by atoms with Crippen LogP contribution in [0.25, 0.3) is 0 Å². The van der Waals surface area contributed by atoms with Crippen LogP contribution in [-0.4, -0.2) is 54.1 Å². The fourth-order valence-corrected chi connectivity index (χ4v) is 5.21. The van der Waals surface area contributed by atoms with Crippen molar-refractivity contribution in [2.75, 3.05) is 20.6 Å². The van der Waals surface area contributed by atoms with Gasteiger partial charge in [0, 0.05) is 18.0 Å². The van der Waals surface area contributed by atoms with Crippen LogP contribution in [0.1, 0.15) is 38.6 Å². The number of Topliss-reactive ketones (excluding diaryl/α,β-unsaturated/α-hetero) is 1. The molecule has 2 fully saturated rings. The number of benzene rings is 1. The first-order chi connectivity index (χ1) is 13.4. The third-order valence-electron chi connectivity index (χ3n) is 6.23. The molecule has 2 heterocycles. The molecule has 1 aromatic rings. The van der Waals surface area contributed by atoms with Crippen LogP contribution < -0.4 is 9.47 Å². The Bertz CT molecular complexity index is 967. The van der Waals surface area contributed by atoms with Gasteiger partial charge in [-0.2, -0.15) is 0 Å². The number of hydrogen-bond acceptors (Lipinski definition) is 5. The van der Waals surface area contributed by atoms with Crippen molar-refractivity contribution in [3.8, 4) is 11.5 Å². The zero-order valence-electron chi connectivity index (χ0n) is 18.7. The van der Waals surface area contributed by atoms with E-state index in [2.05, 4.69) is 0 Å². The summed E-state index contributed by atoms with van der Waals surface area (Å²) in [4.78, 5) is 14.9. The van der Waals surface area contributed by atoms with Gasteiger partial charge in [-0.25, -0.2) is 0 Å². The standard InChI is InChI=1S/C18H21NO4/c1-19-8-7-17-14-10-3-4-12(22-2)15(14)23-16(17)11(20)5-6-18(17,21)13(19)9-10/h3-4,13,16,21H,5-9H2,1-2H3/t13-,16+,17+,18-/m1/s1/i2D3,3D,4D,16D. The van der Waals surface area contributed by atoms with Crippen molar-refractivity contribution >= 4 is 5.78 Å². The van der Waals surface area contributed by atoms with Gasteiger partial charge in [-0.05, 0) is 44.5 Å². The monoisotopic (exact) mass is 321 g/mol. The molecule has 1 saturated heterocycles. The second-order valence-corrected chi connectivity index (χ2v) is 7.00. The molecule has 4 aliphatic rings. The number of carbonyl (C=O) groups is 1. The summed E-state index contributed by atoms with van der Waals surface area (Å²) in [5, 5.41) is 11.9. The number of ketones is 1. The second-order valence-electron chi connectivity index (χ2n) is 7.00. The summed E-state index contributed by atoms with van der Waals surface area (Å²) in [5.41, 5.74) is -2.13. The number of rotatable bonds is 1. The minimum absolute atomic E-state index is 0.0354. The Balaban J connectivity index is 1.89. The van der Waals surface area contributed by atoms with E-state index in [0.717, 1.165) is 0 Å². The van der Waals surface area contributed by atoms with Crippen molar-refractivity contribution in [1.82, 2.24) is 4.90 Å². The van der Waals surface area contributed by atoms with E-state index in [1.165, 1.54) is 0 Å². The van der Waals surface area contributed by atoms with E-state index < -0.39 is 47.8 Å². The Morgan fingerprint density at radius 1 is 1.57 bits per heavy atom. The number of methoxy groups -OCH3 is 1. The lowest BCUT2D eigenvalue weighted by Gasteiger charge is -2.62. The van der Waals surface area contributed by atoms with Crippen molar-refractivity contribution in [1.29, 1.82) is 0 Å². The SMILES string of the molecule is [2H]c1c([2H])c(OC([2H])([2H])[2H])c2c3c1C[C@H]1N(C)CC[C@@]34[C@@]([2H])(O2)C(=O)CC[C@@]14O. The number of carbonyl (C=O) groups excluding carboxylic acids is 1. The summed E-state index contributed by atoms with van der Waals surface area (Å²) in [6.45, 7) is 0.508. The summed E-state index contributed by atoms with van der Waals surface area (Å²) in [6.07, 6.45) is -1.52. The lowest BCUT2D eigenvalue weighted by molar-refractivity contribution is -0.185. The van der Waals surface area contributed by atoms with E-state index in [-0.39, 0.29) is 37.5 Å². The van der Waals surface area contributed by atoms with Crippen molar-refractivity contribution in [3.05, 3.63) is 23.2 Å². The molecule has 4 atom stereocenters. The summed E-state index contributed by atoms with van der Waals surface area (Å²) in [5.74, 6) is -1.10. The fraction of sp³-hybridized carbons (Fsp3) is 0.611. The van der Waals surface area contributed by atoms with Crippen LogP contribution in [0, 0.1) is 0 Å². The number of likely N-dealkylation sites (tertiary alicyclic amines) is 1. The van der Waals surface area contributed by atoms with Crippen LogP contribution in [0.4, 0.5) is 0 Å². The predicted octanol–water partition coefficient (Wildman–Crippen LogP) is 1.05. The van der Waals surface area contributed by atoms with Gasteiger partial charge >= 0.3 is 0 Å². The van der Waals surface area contributed by atoms with Crippen LogP contribution in [-0.2, 0) is 16.6 Å². The second kappa shape index (κ2) is 4.08. The average molecular weight is 321 g/mol. The van der Waals surface area contributed by atoms with Gasteiger partial charge in [0.25, 0.3) is 0 Å². The third kappa shape index (κ3) is 1.32. The Labute approximate surface area is 143 Å². The fourth-order valence-electron chi connectivity index (χ4n) is 5.21. The number of piperidine rings is 1. The quantitative estimate of drug-likeness (QED) is 0.838. The first kappa shape index (κ1) is 9.04. The Morgan fingerprint density at radius 2 is 2.43 bits per heavy atom. The molecule has 1 aromatic carbocycles. The molecule has 2 bridgehead atoms. The van der Waals surface area contributed by atoms with Crippen LogP contribution in [0.15, 0.2) is 12.1 Å². The molecule has 5 rings (SSSR count). The van der Waals surface area contributed by atoms with E-state index >= 15 is 0 Å². The molecule has 0 radical (unpaired) electrons. The van der Waals surface area contributed by atoms with Crippen LogP contribution >= 0.6 is 0 Å². The van der Waals surface area contributed by atoms with Crippen molar-refractivity contribution in [2.24, 2.45) is 0 Å². The third-order valence-corrected chi connectivity index (χ3v) is 6.23. The predicted molar refractivity (Wildman–Crippen MR) is 83.0 cm³/mol. The van der Waals surface area contributed by atoms with Gasteiger partial charge in [-0.15, -0.1) is 0 Å². The van der Waals surface area contributed by atoms with Gasteiger partial charge in [0.2, 0.25) is 0 Å². The molecular formula is C18H21NO4. The lowest BCUT2D eigenvalue weighted by Crippen LogP contribution is -2.76. The molecule has 5 nitrogen and oxygen atoms in total. The lowest BCUT2D eigenvalue weighted by atomic mass is 9.49. The first-order valence-corrected chi connectivity index (χ1v) is 7.88.